The van der Waals surface area contributed by atoms with E-state index in [0.29, 0.717) is 0 Å². The first-order valence-electron chi connectivity index (χ1n) is 2.99. The summed E-state index contributed by atoms with van der Waals surface area (Å²) >= 11 is 0. The van der Waals surface area contributed by atoms with Crippen molar-refractivity contribution in [1.82, 2.24) is 4.98 Å². The first-order chi connectivity index (χ1) is 5.05. The summed E-state index contributed by atoms with van der Waals surface area (Å²) in [7, 11) is 0. The Morgan fingerprint density at radius 3 is 2.45 bits per heavy atom. The molecule has 0 unspecified atom stereocenters. The monoisotopic (exact) mass is 164 g/mol. The molecule has 2 nitrogen and oxygen atoms in total. The minimum atomic E-state index is -4.30. The molecule has 0 bridgehead atoms. The van der Waals surface area contributed by atoms with E-state index >= 15 is 0 Å². The summed E-state index contributed by atoms with van der Waals surface area (Å²) in [6, 6.07) is 0.974. The molecule has 0 saturated heterocycles. The maximum Gasteiger partial charge on any atom is 0.418 e. The van der Waals surface area contributed by atoms with Crippen molar-refractivity contribution in [2.45, 2.75) is 12.7 Å². The number of nitrogens with two attached hydrogens (primary N) is 1. The van der Waals surface area contributed by atoms with Crippen molar-refractivity contribution >= 4 is 0 Å². The van der Waals surface area contributed by atoms with E-state index in [1.807, 2.05) is 0 Å². The van der Waals surface area contributed by atoms with Crippen LogP contribution in [0.5, 0.6) is 0 Å². The van der Waals surface area contributed by atoms with Crippen LogP contribution in [0.2, 0.25) is 0 Å². The molecule has 0 saturated carbocycles. The van der Waals surface area contributed by atoms with Gasteiger partial charge in [0.05, 0.1) is 5.56 Å². The highest BCUT2D eigenvalue weighted by Crippen LogP contribution is 2.31. The first kappa shape index (κ1) is 8.13. The van der Waals surface area contributed by atoms with Crippen molar-refractivity contribution in [2.24, 2.45) is 5.73 Å². The van der Waals surface area contributed by atoms with Gasteiger partial charge in [0.1, 0.15) is 0 Å². The Morgan fingerprint density at radius 2 is 2.09 bits per heavy atom. The number of nitrogens with one attached hydrogen (secondary N) is 1. The fourth-order valence-corrected chi connectivity index (χ4v) is 0.838. The van der Waals surface area contributed by atoms with Gasteiger partial charge in [-0.25, -0.2) is 0 Å². The fraction of sp³-hybridized carbons (Fsp3) is 0.333. The number of aromatic nitrogens is 1. The van der Waals surface area contributed by atoms with Crippen LogP contribution in [-0.2, 0) is 12.7 Å². The summed E-state index contributed by atoms with van der Waals surface area (Å²) in [6.45, 7) is -0.123. The smallest absolute Gasteiger partial charge is 0.363 e. The highest BCUT2D eigenvalue weighted by atomic mass is 19.4. The second-order valence-corrected chi connectivity index (χ2v) is 2.07. The predicted molar refractivity (Wildman–Crippen MR) is 33.7 cm³/mol. The van der Waals surface area contributed by atoms with Gasteiger partial charge >= 0.3 is 6.18 Å². The van der Waals surface area contributed by atoms with Crippen LogP contribution in [0.3, 0.4) is 0 Å². The van der Waals surface area contributed by atoms with Gasteiger partial charge in [-0.05, 0) is 6.07 Å². The quantitative estimate of drug-likeness (QED) is 0.648. The van der Waals surface area contributed by atoms with Crippen LogP contribution in [0.1, 0.15) is 11.3 Å². The number of halogens is 3. The zero-order valence-corrected chi connectivity index (χ0v) is 5.57. The summed E-state index contributed by atoms with van der Waals surface area (Å²) in [4.78, 5) is 2.42. The molecule has 1 rings (SSSR count). The minimum absolute atomic E-state index is 0.0255. The third-order valence-electron chi connectivity index (χ3n) is 1.34. The van der Waals surface area contributed by atoms with Gasteiger partial charge < -0.3 is 10.7 Å². The standard InChI is InChI=1S/C6H7F3N2/c7-6(8,9)4-1-2-11-5(4)3-10/h1-2,11H,3,10H2. The lowest BCUT2D eigenvalue weighted by atomic mass is 10.2. The summed E-state index contributed by atoms with van der Waals surface area (Å²) in [5.41, 5.74) is 4.41. The van der Waals surface area contributed by atoms with Crippen LogP contribution in [0.15, 0.2) is 12.3 Å². The summed E-state index contributed by atoms with van der Waals surface area (Å²) in [6.07, 6.45) is -3.07. The van der Waals surface area contributed by atoms with Crippen LogP contribution >= 0.6 is 0 Å². The van der Waals surface area contributed by atoms with E-state index in [1.165, 1.54) is 6.20 Å². The van der Waals surface area contributed by atoms with Crippen molar-refractivity contribution in [3.63, 3.8) is 0 Å². The van der Waals surface area contributed by atoms with Gasteiger partial charge in [-0.3, -0.25) is 0 Å². The van der Waals surface area contributed by atoms with Crippen LogP contribution in [0.4, 0.5) is 13.2 Å². The molecular formula is C6H7F3N2. The van der Waals surface area contributed by atoms with Crippen LogP contribution in [0, 0.1) is 0 Å². The predicted octanol–water partition coefficient (Wildman–Crippen LogP) is 1.49. The van der Waals surface area contributed by atoms with Crippen molar-refractivity contribution in [2.75, 3.05) is 0 Å². The lowest BCUT2D eigenvalue weighted by Gasteiger charge is -2.05. The molecule has 0 aliphatic heterocycles. The molecule has 0 atom stereocenters. The molecule has 0 aromatic carbocycles. The Hall–Kier alpha value is -0.970. The van der Waals surface area contributed by atoms with Crippen molar-refractivity contribution in [3.8, 4) is 0 Å². The lowest BCUT2D eigenvalue weighted by Crippen LogP contribution is -2.09. The second-order valence-electron chi connectivity index (χ2n) is 2.07. The van der Waals surface area contributed by atoms with Crippen LogP contribution in [0.25, 0.3) is 0 Å². The molecule has 0 spiro atoms. The summed E-state index contributed by atoms with van der Waals surface area (Å²) < 4.78 is 36.0. The van der Waals surface area contributed by atoms with Crippen molar-refractivity contribution in [3.05, 3.63) is 23.5 Å². The molecular weight excluding hydrogens is 157 g/mol. The fourth-order valence-electron chi connectivity index (χ4n) is 0.838. The Balaban J connectivity index is 3.02. The molecule has 0 amide bonds. The molecule has 11 heavy (non-hydrogen) atoms. The van der Waals surface area contributed by atoms with Crippen LogP contribution < -0.4 is 5.73 Å². The average molecular weight is 164 g/mol. The number of rotatable bonds is 1. The van der Waals surface area contributed by atoms with Gasteiger partial charge in [-0.2, -0.15) is 13.2 Å². The van der Waals surface area contributed by atoms with Crippen molar-refractivity contribution in [1.29, 1.82) is 0 Å². The molecule has 0 fully saturated rings. The molecule has 62 valence electrons. The second kappa shape index (κ2) is 2.58. The maximum atomic E-state index is 12.0. The molecule has 0 radical (unpaired) electrons. The van der Waals surface area contributed by atoms with E-state index in [0.717, 1.165) is 6.07 Å². The van der Waals surface area contributed by atoms with E-state index in [9.17, 15) is 13.2 Å². The van der Waals surface area contributed by atoms with E-state index < -0.39 is 11.7 Å². The Bertz CT molecular complexity index is 238. The summed E-state index contributed by atoms with van der Waals surface area (Å²) in [5, 5.41) is 0. The molecule has 0 aliphatic rings. The highest BCUT2D eigenvalue weighted by Gasteiger charge is 2.33. The number of H-pyrrole nitrogens is 1. The number of hydrogen-bond acceptors (Lipinski definition) is 1. The first-order valence-corrected chi connectivity index (χ1v) is 2.99. The van der Waals surface area contributed by atoms with Gasteiger partial charge in [0, 0.05) is 18.4 Å². The Kier molecular flexibility index (Phi) is 1.90. The van der Waals surface area contributed by atoms with Crippen LogP contribution in [-0.4, -0.2) is 4.98 Å². The minimum Gasteiger partial charge on any atom is -0.363 e. The third kappa shape index (κ3) is 1.54. The molecule has 1 aromatic rings. The van der Waals surface area contributed by atoms with Gasteiger partial charge in [0.15, 0.2) is 0 Å². The molecule has 0 aliphatic carbocycles. The highest BCUT2D eigenvalue weighted by molar-refractivity contribution is 5.23. The van der Waals surface area contributed by atoms with Gasteiger partial charge in [0.25, 0.3) is 0 Å². The van der Waals surface area contributed by atoms with Gasteiger partial charge in [-0.15, -0.1) is 0 Å². The number of hydrogen-bond donors (Lipinski definition) is 2. The summed E-state index contributed by atoms with van der Waals surface area (Å²) in [5.74, 6) is 0. The lowest BCUT2D eigenvalue weighted by molar-refractivity contribution is -0.138. The molecule has 5 heteroatoms. The Labute approximate surface area is 61.2 Å². The van der Waals surface area contributed by atoms with E-state index in [-0.39, 0.29) is 12.2 Å². The van der Waals surface area contributed by atoms with E-state index in [4.69, 9.17) is 5.73 Å². The molecule has 1 heterocycles. The number of aromatic amines is 1. The van der Waals surface area contributed by atoms with E-state index in [1.54, 1.807) is 0 Å². The van der Waals surface area contributed by atoms with Gasteiger partial charge in [-0.1, -0.05) is 0 Å². The Morgan fingerprint density at radius 1 is 1.45 bits per heavy atom. The number of alkyl halides is 3. The maximum absolute atomic E-state index is 12.0. The largest absolute Gasteiger partial charge is 0.418 e. The van der Waals surface area contributed by atoms with Gasteiger partial charge in [0.2, 0.25) is 0 Å². The normalized spacial score (nSPS) is 12.0. The molecule has 1 aromatic heterocycles. The molecule has 3 N–H and O–H groups in total. The average Bonchev–Trinajstić information content (AvgIpc) is 2.31. The zero-order valence-electron chi connectivity index (χ0n) is 5.57. The van der Waals surface area contributed by atoms with Crippen molar-refractivity contribution < 1.29 is 13.2 Å². The SMILES string of the molecule is NCc1[nH]ccc1C(F)(F)F. The zero-order chi connectivity index (χ0) is 8.48. The van der Waals surface area contributed by atoms with E-state index in [2.05, 4.69) is 4.98 Å². The topological polar surface area (TPSA) is 41.8 Å². The third-order valence-corrected chi connectivity index (χ3v) is 1.34.